The zero-order chi connectivity index (χ0) is 13.9. The van der Waals surface area contributed by atoms with E-state index in [2.05, 4.69) is 13.8 Å². The lowest BCUT2D eigenvalue weighted by Gasteiger charge is -2.31. The molecule has 0 N–H and O–H groups in total. The van der Waals surface area contributed by atoms with Gasteiger partial charge in [0.05, 0.1) is 6.04 Å². The van der Waals surface area contributed by atoms with Crippen molar-refractivity contribution in [2.45, 2.75) is 71.6 Å². The number of aldehydes is 1. The second kappa shape index (κ2) is 5.72. The molecule has 0 aromatic rings. The molecule has 1 aliphatic rings. The molecule has 1 aliphatic carbocycles. The van der Waals surface area contributed by atoms with Crippen LogP contribution in [0.3, 0.4) is 0 Å². The molecule has 1 fully saturated rings. The van der Waals surface area contributed by atoms with E-state index in [0.29, 0.717) is 12.3 Å². The van der Waals surface area contributed by atoms with Crippen molar-refractivity contribution in [1.29, 1.82) is 0 Å². The molecule has 4 heteroatoms. The maximum absolute atomic E-state index is 12.2. The van der Waals surface area contributed by atoms with Gasteiger partial charge in [-0.25, -0.2) is 4.79 Å². The zero-order valence-electron chi connectivity index (χ0n) is 12.1. The Labute approximate surface area is 110 Å². The fraction of sp³-hybridized carbons (Fsp3) is 0.857. The van der Waals surface area contributed by atoms with Gasteiger partial charge in [0.1, 0.15) is 11.9 Å². The summed E-state index contributed by atoms with van der Waals surface area (Å²) in [6.07, 6.45) is 3.16. The number of hydrogen-bond donors (Lipinski definition) is 0. The molecule has 0 aromatic heterocycles. The van der Waals surface area contributed by atoms with Gasteiger partial charge in [0.25, 0.3) is 0 Å². The normalized spacial score (nSPS) is 17.4. The molecule has 0 radical (unpaired) electrons. The molecule has 1 unspecified atom stereocenters. The largest absolute Gasteiger partial charge is 0.444 e. The van der Waals surface area contributed by atoms with Crippen molar-refractivity contribution in [3.63, 3.8) is 0 Å². The third-order valence-electron chi connectivity index (χ3n) is 2.77. The minimum atomic E-state index is -0.518. The van der Waals surface area contributed by atoms with Crippen LogP contribution in [0.2, 0.25) is 0 Å². The summed E-state index contributed by atoms with van der Waals surface area (Å²) in [5.41, 5.74) is -0.518. The smallest absolute Gasteiger partial charge is 0.411 e. The maximum Gasteiger partial charge on any atom is 0.411 e. The molecule has 0 aromatic carbocycles. The fourth-order valence-corrected chi connectivity index (χ4v) is 1.94. The lowest BCUT2D eigenvalue weighted by Crippen LogP contribution is -2.46. The first-order chi connectivity index (χ1) is 8.24. The molecular formula is C14H25NO3. The second-order valence-corrected chi connectivity index (χ2v) is 6.45. The molecule has 1 amide bonds. The van der Waals surface area contributed by atoms with Crippen molar-refractivity contribution < 1.29 is 14.3 Å². The van der Waals surface area contributed by atoms with E-state index >= 15 is 0 Å². The molecule has 0 saturated heterocycles. The van der Waals surface area contributed by atoms with Crippen molar-refractivity contribution in [3.8, 4) is 0 Å². The zero-order valence-corrected chi connectivity index (χ0v) is 12.1. The highest BCUT2D eigenvalue weighted by Gasteiger charge is 2.39. The fourth-order valence-electron chi connectivity index (χ4n) is 1.94. The average Bonchev–Trinajstić information content (AvgIpc) is 2.97. The monoisotopic (exact) mass is 255 g/mol. The minimum Gasteiger partial charge on any atom is -0.444 e. The van der Waals surface area contributed by atoms with Crippen LogP contribution in [0.5, 0.6) is 0 Å². The summed E-state index contributed by atoms with van der Waals surface area (Å²) in [5, 5.41) is 0. The van der Waals surface area contributed by atoms with Gasteiger partial charge in [-0.15, -0.1) is 0 Å². The second-order valence-electron chi connectivity index (χ2n) is 6.45. The average molecular weight is 255 g/mol. The van der Waals surface area contributed by atoms with Crippen molar-refractivity contribution in [3.05, 3.63) is 0 Å². The van der Waals surface area contributed by atoms with Crippen LogP contribution < -0.4 is 0 Å². The molecule has 0 bridgehead atoms. The molecule has 1 saturated carbocycles. The van der Waals surface area contributed by atoms with Gasteiger partial charge in [0.15, 0.2) is 0 Å². The van der Waals surface area contributed by atoms with Crippen LogP contribution in [0.4, 0.5) is 4.79 Å². The van der Waals surface area contributed by atoms with E-state index in [1.807, 2.05) is 20.8 Å². The third kappa shape index (κ3) is 4.67. The van der Waals surface area contributed by atoms with Crippen molar-refractivity contribution in [1.82, 2.24) is 4.90 Å². The van der Waals surface area contributed by atoms with E-state index in [-0.39, 0.29) is 18.2 Å². The summed E-state index contributed by atoms with van der Waals surface area (Å²) in [6, 6.07) is -0.166. The van der Waals surface area contributed by atoms with Crippen molar-refractivity contribution >= 4 is 12.4 Å². The Morgan fingerprint density at radius 3 is 2.28 bits per heavy atom. The topological polar surface area (TPSA) is 46.6 Å². The van der Waals surface area contributed by atoms with Crippen LogP contribution in [0.1, 0.15) is 53.9 Å². The molecule has 1 atom stereocenters. The van der Waals surface area contributed by atoms with E-state index in [4.69, 9.17) is 4.74 Å². The van der Waals surface area contributed by atoms with Crippen LogP contribution in [-0.4, -0.2) is 35.0 Å². The van der Waals surface area contributed by atoms with Gasteiger partial charge in [-0.3, -0.25) is 4.90 Å². The summed E-state index contributed by atoms with van der Waals surface area (Å²) in [4.78, 5) is 25.0. The lowest BCUT2D eigenvalue weighted by atomic mass is 10.0. The number of ether oxygens (including phenoxy) is 1. The Balaban J connectivity index is 2.74. The predicted octanol–water partition coefficient (Wildman–Crippen LogP) is 3.00. The van der Waals surface area contributed by atoms with E-state index in [0.717, 1.165) is 19.1 Å². The quantitative estimate of drug-likeness (QED) is 0.709. The maximum atomic E-state index is 12.2. The van der Waals surface area contributed by atoms with E-state index < -0.39 is 5.60 Å². The SMILES string of the molecule is CC(C)CC(C=O)N(C(=O)OC(C)(C)C)C1CC1. The van der Waals surface area contributed by atoms with E-state index in [1.165, 1.54) is 0 Å². The molecule has 0 aliphatic heterocycles. The van der Waals surface area contributed by atoms with E-state index in [1.54, 1.807) is 4.90 Å². The van der Waals surface area contributed by atoms with Crippen LogP contribution in [0, 0.1) is 5.92 Å². The summed E-state index contributed by atoms with van der Waals surface area (Å²) < 4.78 is 5.39. The minimum absolute atomic E-state index is 0.189. The Hall–Kier alpha value is -1.06. The number of carbonyl (C=O) groups excluding carboxylic acids is 2. The molecule has 0 heterocycles. The number of hydrogen-bond acceptors (Lipinski definition) is 3. The third-order valence-corrected chi connectivity index (χ3v) is 2.77. The molecular weight excluding hydrogens is 230 g/mol. The lowest BCUT2D eigenvalue weighted by molar-refractivity contribution is -0.113. The molecule has 1 rings (SSSR count). The molecule has 0 spiro atoms. The number of amides is 1. The molecule has 18 heavy (non-hydrogen) atoms. The first kappa shape index (κ1) is 15.0. The van der Waals surface area contributed by atoms with E-state index in [9.17, 15) is 9.59 Å². The number of rotatable bonds is 5. The first-order valence-electron chi connectivity index (χ1n) is 6.71. The Kier molecular flexibility index (Phi) is 4.77. The number of nitrogens with zero attached hydrogens (tertiary/aromatic N) is 1. The van der Waals surface area contributed by atoms with Crippen molar-refractivity contribution in [2.24, 2.45) is 5.92 Å². The highest BCUT2D eigenvalue weighted by molar-refractivity contribution is 5.74. The Morgan fingerprint density at radius 1 is 1.39 bits per heavy atom. The first-order valence-corrected chi connectivity index (χ1v) is 6.71. The van der Waals surface area contributed by atoms with Crippen molar-refractivity contribution in [2.75, 3.05) is 0 Å². The number of carbonyl (C=O) groups is 2. The summed E-state index contributed by atoms with van der Waals surface area (Å²) >= 11 is 0. The highest BCUT2D eigenvalue weighted by atomic mass is 16.6. The highest BCUT2D eigenvalue weighted by Crippen LogP contribution is 2.31. The van der Waals surface area contributed by atoms with Crippen LogP contribution in [0.25, 0.3) is 0 Å². The van der Waals surface area contributed by atoms with Crippen LogP contribution in [-0.2, 0) is 9.53 Å². The predicted molar refractivity (Wildman–Crippen MR) is 70.4 cm³/mol. The summed E-state index contributed by atoms with van der Waals surface area (Å²) in [5.74, 6) is 0.379. The molecule has 104 valence electrons. The molecule has 4 nitrogen and oxygen atoms in total. The summed E-state index contributed by atoms with van der Waals surface area (Å²) in [6.45, 7) is 9.63. The van der Waals surface area contributed by atoms with Gasteiger partial charge in [0, 0.05) is 6.04 Å². The van der Waals surface area contributed by atoms with Crippen LogP contribution >= 0.6 is 0 Å². The Morgan fingerprint density at radius 2 is 1.94 bits per heavy atom. The van der Waals surface area contributed by atoms with Gasteiger partial charge in [-0.05, 0) is 46.0 Å². The Bertz CT molecular complexity index is 303. The van der Waals surface area contributed by atoms with Crippen LogP contribution in [0.15, 0.2) is 0 Å². The standard InChI is InChI=1S/C14H25NO3/c1-10(2)8-12(9-16)15(11-6-7-11)13(17)18-14(3,4)5/h9-12H,6-8H2,1-5H3. The summed E-state index contributed by atoms with van der Waals surface area (Å²) in [7, 11) is 0. The van der Waals surface area contributed by atoms with Gasteiger partial charge >= 0.3 is 6.09 Å². The van der Waals surface area contributed by atoms with Gasteiger partial charge < -0.3 is 9.53 Å². The van der Waals surface area contributed by atoms with Gasteiger partial charge in [-0.2, -0.15) is 0 Å². The van der Waals surface area contributed by atoms with Gasteiger partial charge in [0.2, 0.25) is 0 Å². The van der Waals surface area contributed by atoms with Gasteiger partial charge in [-0.1, -0.05) is 13.8 Å².